The van der Waals surface area contributed by atoms with E-state index in [9.17, 15) is 0 Å². The van der Waals surface area contributed by atoms with E-state index in [1.807, 2.05) is 10.8 Å². The van der Waals surface area contributed by atoms with E-state index in [-0.39, 0.29) is 0 Å². The van der Waals surface area contributed by atoms with E-state index in [2.05, 4.69) is 10.6 Å². The fourth-order valence-corrected chi connectivity index (χ4v) is 3.88. The molecular formula is C8H10N4S6. The summed E-state index contributed by atoms with van der Waals surface area (Å²) in [7, 11) is 0. The summed E-state index contributed by atoms with van der Waals surface area (Å²) >= 11 is 15.3. The van der Waals surface area contributed by atoms with Gasteiger partial charge in [0.25, 0.3) is 0 Å². The van der Waals surface area contributed by atoms with Gasteiger partial charge in [0.15, 0.2) is 0 Å². The monoisotopic (exact) mass is 354 g/mol. The number of nitrogens with zero attached hydrogens (tertiary/aromatic N) is 2. The lowest BCUT2D eigenvalue weighted by molar-refractivity contribution is 0.833. The molecule has 0 aliphatic carbocycles. The number of thiocarbonyl (C=S) groups is 2. The molecule has 0 aromatic heterocycles. The average Bonchev–Trinajstić information content (AvgIpc) is 2.35. The molecule has 0 radical (unpaired) electrons. The molecule has 0 heterocycles. The van der Waals surface area contributed by atoms with Crippen LogP contribution in [0.25, 0.3) is 0 Å². The molecule has 4 nitrogen and oxygen atoms in total. The van der Waals surface area contributed by atoms with Crippen LogP contribution in [0.5, 0.6) is 0 Å². The summed E-state index contributed by atoms with van der Waals surface area (Å²) in [5, 5.41) is 28.0. The smallest absolute Gasteiger partial charge is 0.134 e. The second-order valence-electron chi connectivity index (χ2n) is 2.42. The maximum absolute atomic E-state index is 8.33. The zero-order valence-corrected chi connectivity index (χ0v) is 14.1. The second kappa shape index (κ2) is 13.6. The van der Waals surface area contributed by atoms with Crippen molar-refractivity contribution in [2.75, 3.05) is 23.3 Å². The van der Waals surface area contributed by atoms with Gasteiger partial charge in [0.05, 0.1) is 10.2 Å². The molecular weight excluding hydrogens is 345 g/mol. The Morgan fingerprint density at radius 2 is 1.28 bits per heavy atom. The number of rotatable bonds is 7. The van der Waals surface area contributed by atoms with Gasteiger partial charge in [-0.2, -0.15) is 10.5 Å². The predicted octanol–water partition coefficient (Wildman–Crippen LogP) is 2.55. The maximum Gasteiger partial charge on any atom is 0.134 e. The SMILES string of the molecule is N#CSCSC(=S)NCCNC(=S)SCSC#N. The molecule has 0 spiro atoms. The Balaban J connectivity index is 3.39. The Hall–Kier alpha value is 0.160. The van der Waals surface area contributed by atoms with Crippen LogP contribution in [0.15, 0.2) is 0 Å². The first-order chi connectivity index (χ1) is 8.70. The molecule has 2 N–H and O–H groups in total. The molecule has 10 heteroatoms. The van der Waals surface area contributed by atoms with E-state index >= 15 is 0 Å². The number of nitriles is 2. The first kappa shape index (κ1) is 18.2. The van der Waals surface area contributed by atoms with Crippen LogP contribution in [0, 0.1) is 21.3 Å². The van der Waals surface area contributed by atoms with Crippen LogP contribution in [0.3, 0.4) is 0 Å². The molecule has 0 saturated carbocycles. The van der Waals surface area contributed by atoms with E-state index in [0.29, 0.717) is 31.9 Å². The van der Waals surface area contributed by atoms with Crippen molar-refractivity contribution < 1.29 is 0 Å². The van der Waals surface area contributed by atoms with Crippen LogP contribution in [0.1, 0.15) is 0 Å². The van der Waals surface area contributed by atoms with Crippen molar-refractivity contribution in [2.24, 2.45) is 0 Å². The number of thioether (sulfide) groups is 4. The van der Waals surface area contributed by atoms with Crippen molar-refractivity contribution in [3.63, 3.8) is 0 Å². The van der Waals surface area contributed by atoms with Crippen LogP contribution in [-0.2, 0) is 0 Å². The molecule has 18 heavy (non-hydrogen) atoms. The van der Waals surface area contributed by atoms with E-state index < -0.39 is 0 Å². The van der Waals surface area contributed by atoms with Crippen molar-refractivity contribution in [3.05, 3.63) is 0 Å². The minimum Gasteiger partial charge on any atom is -0.369 e. The van der Waals surface area contributed by atoms with Gasteiger partial charge in [0.1, 0.15) is 19.4 Å². The highest BCUT2D eigenvalue weighted by Crippen LogP contribution is 2.11. The zero-order valence-electron chi connectivity index (χ0n) is 9.17. The average molecular weight is 355 g/mol. The Morgan fingerprint density at radius 3 is 1.61 bits per heavy atom. The Morgan fingerprint density at radius 1 is 0.889 bits per heavy atom. The first-order valence-electron chi connectivity index (χ1n) is 4.53. The largest absolute Gasteiger partial charge is 0.369 e. The van der Waals surface area contributed by atoms with Crippen LogP contribution < -0.4 is 10.6 Å². The lowest BCUT2D eigenvalue weighted by atomic mass is 10.6. The number of thiocyanates is 2. The highest BCUT2D eigenvalue weighted by atomic mass is 32.2. The van der Waals surface area contributed by atoms with E-state index in [0.717, 1.165) is 23.5 Å². The normalized spacial score (nSPS) is 9.00. The van der Waals surface area contributed by atoms with Gasteiger partial charge in [0, 0.05) is 13.1 Å². The lowest BCUT2D eigenvalue weighted by Gasteiger charge is -2.08. The summed E-state index contributed by atoms with van der Waals surface area (Å²) in [6.45, 7) is 1.35. The first-order valence-corrected chi connectivity index (χ1v) is 9.29. The van der Waals surface area contributed by atoms with Crippen LogP contribution in [0.4, 0.5) is 0 Å². The van der Waals surface area contributed by atoms with Crippen molar-refractivity contribution in [1.29, 1.82) is 10.5 Å². The van der Waals surface area contributed by atoms with Gasteiger partial charge in [0.2, 0.25) is 0 Å². The molecule has 0 fully saturated rings. The van der Waals surface area contributed by atoms with Crippen LogP contribution >= 0.6 is 71.5 Å². The van der Waals surface area contributed by atoms with Gasteiger partial charge in [-0.25, -0.2) is 0 Å². The van der Waals surface area contributed by atoms with Gasteiger partial charge >= 0.3 is 0 Å². The number of hydrogen-bond donors (Lipinski definition) is 2. The third-order valence-electron chi connectivity index (χ3n) is 1.29. The summed E-state index contributed by atoms with van der Waals surface area (Å²) in [4.78, 5) is 0. The number of hydrogen-bond acceptors (Lipinski definition) is 8. The highest BCUT2D eigenvalue weighted by molar-refractivity contribution is 8.30. The lowest BCUT2D eigenvalue weighted by Crippen LogP contribution is -2.31. The van der Waals surface area contributed by atoms with Crippen molar-refractivity contribution in [1.82, 2.24) is 10.6 Å². The van der Waals surface area contributed by atoms with Gasteiger partial charge < -0.3 is 10.6 Å². The zero-order chi connectivity index (χ0) is 13.6. The molecule has 0 unspecified atom stereocenters. The molecule has 0 bridgehead atoms. The van der Waals surface area contributed by atoms with E-state index in [1.165, 1.54) is 23.5 Å². The summed E-state index contributed by atoms with van der Waals surface area (Å²) in [6.07, 6.45) is 0. The summed E-state index contributed by atoms with van der Waals surface area (Å²) < 4.78 is 1.36. The molecule has 0 atom stereocenters. The minimum atomic E-state index is 0.634. The number of nitrogens with one attached hydrogen (secondary N) is 2. The topological polar surface area (TPSA) is 71.6 Å². The Labute approximate surface area is 134 Å². The van der Waals surface area contributed by atoms with Crippen LogP contribution in [0.2, 0.25) is 0 Å². The standard InChI is InChI=1S/C8H10N4S6/c9-3-15-5-17-7(13)11-1-2-12-8(14)18-6-16-4-10/h1-2,5-6H2,(H,11,13)(H,12,14). The second-order valence-corrected chi connectivity index (χ2v) is 7.98. The molecule has 0 amide bonds. The molecule has 0 aliphatic heterocycles. The quantitative estimate of drug-likeness (QED) is 0.308. The molecule has 0 rings (SSSR count). The van der Waals surface area contributed by atoms with Crippen molar-refractivity contribution in [3.8, 4) is 10.8 Å². The van der Waals surface area contributed by atoms with Crippen molar-refractivity contribution >= 4 is 80.1 Å². The van der Waals surface area contributed by atoms with E-state index in [1.54, 1.807) is 0 Å². The maximum atomic E-state index is 8.33. The fourth-order valence-electron chi connectivity index (χ4n) is 0.650. The molecule has 98 valence electrons. The third kappa shape index (κ3) is 12.6. The highest BCUT2D eigenvalue weighted by Gasteiger charge is 1.99. The minimum absolute atomic E-state index is 0.634. The summed E-state index contributed by atoms with van der Waals surface area (Å²) in [5.74, 6) is 0. The Kier molecular flexibility index (Phi) is 13.7. The molecule has 0 aromatic carbocycles. The Bertz CT molecular complexity index is 312. The van der Waals surface area contributed by atoms with Gasteiger partial charge in [-0.1, -0.05) is 48.0 Å². The van der Waals surface area contributed by atoms with Gasteiger partial charge in [-0.05, 0) is 23.5 Å². The van der Waals surface area contributed by atoms with Gasteiger partial charge in [-0.3, -0.25) is 0 Å². The molecule has 0 saturated heterocycles. The third-order valence-corrected chi connectivity index (χ3v) is 5.24. The van der Waals surface area contributed by atoms with E-state index in [4.69, 9.17) is 35.0 Å². The van der Waals surface area contributed by atoms with Crippen molar-refractivity contribution in [2.45, 2.75) is 0 Å². The molecule has 0 aliphatic rings. The summed E-state index contributed by atoms with van der Waals surface area (Å²) in [5.41, 5.74) is 0. The summed E-state index contributed by atoms with van der Waals surface area (Å²) in [6, 6.07) is 0. The van der Waals surface area contributed by atoms with Crippen LogP contribution in [-0.4, -0.2) is 31.9 Å². The molecule has 0 aromatic rings. The predicted molar refractivity (Wildman–Crippen MR) is 92.5 cm³/mol. The fraction of sp³-hybridized carbons (Fsp3) is 0.500. The van der Waals surface area contributed by atoms with Gasteiger partial charge in [-0.15, -0.1) is 0 Å².